The van der Waals surface area contributed by atoms with Gasteiger partial charge in [-0.05, 0) is 19.3 Å². The average Bonchev–Trinajstić information content (AvgIpc) is 3.12. The molecule has 94 valence electrons. The summed E-state index contributed by atoms with van der Waals surface area (Å²) in [6, 6.07) is 1.68. The van der Waals surface area contributed by atoms with Gasteiger partial charge in [0.05, 0.1) is 18.1 Å². The van der Waals surface area contributed by atoms with Gasteiger partial charge in [0, 0.05) is 6.07 Å². The molecule has 7 nitrogen and oxygen atoms in total. The van der Waals surface area contributed by atoms with Crippen molar-refractivity contribution in [1.82, 2.24) is 20.3 Å². The summed E-state index contributed by atoms with van der Waals surface area (Å²) < 4.78 is 11.0. The largest absolute Gasteiger partial charge is 0.382 e. The minimum absolute atomic E-state index is 0.257. The lowest BCUT2D eigenvalue weighted by Gasteiger charge is -2.13. The topological polar surface area (TPSA) is 103 Å². The van der Waals surface area contributed by atoms with E-state index in [2.05, 4.69) is 20.3 Å². The van der Waals surface area contributed by atoms with E-state index in [1.165, 1.54) is 0 Å². The van der Waals surface area contributed by atoms with Crippen molar-refractivity contribution in [3.8, 4) is 11.6 Å². The van der Waals surface area contributed by atoms with Gasteiger partial charge in [-0.2, -0.15) is 10.1 Å². The van der Waals surface area contributed by atoms with Crippen LogP contribution in [-0.2, 0) is 4.74 Å². The summed E-state index contributed by atoms with van der Waals surface area (Å²) in [4.78, 5) is 4.41. The van der Waals surface area contributed by atoms with E-state index in [0.29, 0.717) is 23.5 Å². The summed E-state index contributed by atoms with van der Waals surface area (Å²) in [6.07, 6.45) is 3.88. The molecule has 2 fully saturated rings. The molecule has 2 bridgehead atoms. The molecule has 0 aliphatic carbocycles. The highest BCUT2D eigenvalue weighted by Crippen LogP contribution is 2.43. The van der Waals surface area contributed by atoms with Crippen molar-refractivity contribution < 1.29 is 9.26 Å². The van der Waals surface area contributed by atoms with Crippen LogP contribution in [0.2, 0.25) is 0 Å². The number of nitrogens with zero attached hydrogens (tertiary/aromatic N) is 3. The van der Waals surface area contributed by atoms with E-state index in [1.807, 2.05) is 0 Å². The second-order valence-corrected chi connectivity index (χ2v) is 4.88. The molecule has 18 heavy (non-hydrogen) atoms. The first-order valence-electron chi connectivity index (χ1n) is 6.10. The maximum absolute atomic E-state index is 5.80. The first kappa shape index (κ1) is 10.1. The van der Waals surface area contributed by atoms with Gasteiger partial charge in [0.25, 0.3) is 5.89 Å². The predicted octanol–water partition coefficient (Wildman–Crippen LogP) is 1.08. The summed E-state index contributed by atoms with van der Waals surface area (Å²) in [6.45, 7) is 0. The molecular weight excluding hydrogens is 234 g/mol. The Morgan fingerprint density at radius 1 is 1.39 bits per heavy atom. The molecule has 2 aliphatic heterocycles. The number of ether oxygens (including phenoxy) is 1. The molecule has 2 aromatic heterocycles. The minimum Gasteiger partial charge on any atom is -0.382 e. The number of fused-ring (bicyclic) bond motifs is 2. The normalized spacial score (nSPS) is 30.1. The second kappa shape index (κ2) is 3.55. The molecule has 4 rings (SSSR count). The fourth-order valence-electron chi connectivity index (χ4n) is 2.85. The van der Waals surface area contributed by atoms with Gasteiger partial charge in [0.2, 0.25) is 0 Å². The van der Waals surface area contributed by atoms with Crippen LogP contribution < -0.4 is 5.73 Å². The lowest BCUT2D eigenvalue weighted by molar-refractivity contribution is 0.0996. The zero-order chi connectivity index (χ0) is 12.1. The van der Waals surface area contributed by atoms with E-state index in [-0.39, 0.29) is 12.0 Å². The molecule has 3 atom stereocenters. The molecule has 2 aromatic rings. The van der Waals surface area contributed by atoms with Crippen molar-refractivity contribution in [1.29, 1.82) is 0 Å². The number of aromatic amines is 1. The van der Waals surface area contributed by atoms with Crippen LogP contribution in [0, 0.1) is 0 Å². The molecule has 0 spiro atoms. The number of nitrogen functional groups attached to an aromatic ring is 1. The highest BCUT2D eigenvalue weighted by atomic mass is 16.5. The van der Waals surface area contributed by atoms with Crippen LogP contribution in [0.5, 0.6) is 0 Å². The van der Waals surface area contributed by atoms with Crippen molar-refractivity contribution in [2.24, 2.45) is 0 Å². The molecule has 2 saturated heterocycles. The van der Waals surface area contributed by atoms with E-state index in [9.17, 15) is 0 Å². The van der Waals surface area contributed by atoms with Crippen molar-refractivity contribution in [2.45, 2.75) is 37.4 Å². The standard InChI is InChI=1S/C11H13N5O2/c12-9-4-7(14-15-9)11-13-10(16-18-11)6-3-5-1-2-8(6)17-5/h4-6,8H,1-3H2,(H3,12,14,15). The molecule has 3 unspecified atom stereocenters. The van der Waals surface area contributed by atoms with Gasteiger partial charge >= 0.3 is 0 Å². The van der Waals surface area contributed by atoms with Crippen molar-refractivity contribution in [3.63, 3.8) is 0 Å². The van der Waals surface area contributed by atoms with Gasteiger partial charge in [0.1, 0.15) is 11.5 Å². The van der Waals surface area contributed by atoms with Crippen LogP contribution in [0.4, 0.5) is 5.82 Å². The van der Waals surface area contributed by atoms with Gasteiger partial charge < -0.3 is 15.0 Å². The number of H-pyrrole nitrogens is 1. The summed E-state index contributed by atoms with van der Waals surface area (Å²) in [7, 11) is 0. The second-order valence-electron chi connectivity index (χ2n) is 4.88. The predicted molar refractivity (Wildman–Crippen MR) is 61.5 cm³/mol. The summed E-state index contributed by atoms with van der Waals surface area (Å²) >= 11 is 0. The maximum Gasteiger partial charge on any atom is 0.276 e. The Kier molecular flexibility index (Phi) is 1.99. The third-order valence-corrected chi connectivity index (χ3v) is 3.71. The first-order valence-corrected chi connectivity index (χ1v) is 6.10. The monoisotopic (exact) mass is 247 g/mol. The van der Waals surface area contributed by atoms with Gasteiger partial charge in [-0.15, -0.1) is 0 Å². The lowest BCUT2D eigenvalue weighted by atomic mass is 9.89. The van der Waals surface area contributed by atoms with Crippen molar-refractivity contribution >= 4 is 5.82 Å². The highest BCUT2D eigenvalue weighted by molar-refractivity contribution is 5.51. The molecule has 7 heteroatoms. The van der Waals surface area contributed by atoms with Crippen LogP contribution in [0.15, 0.2) is 10.6 Å². The Morgan fingerprint density at radius 2 is 2.33 bits per heavy atom. The third-order valence-electron chi connectivity index (χ3n) is 3.71. The van der Waals surface area contributed by atoms with Gasteiger partial charge in [-0.3, -0.25) is 5.10 Å². The fraction of sp³-hybridized carbons (Fsp3) is 0.545. The number of hydrogen-bond acceptors (Lipinski definition) is 6. The summed E-state index contributed by atoms with van der Waals surface area (Å²) in [5.74, 6) is 1.83. The Hall–Kier alpha value is -1.89. The molecule has 0 aromatic carbocycles. The summed E-state index contributed by atoms with van der Waals surface area (Å²) in [5, 5.41) is 10.6. The van der Waals surface area contributed by atoms with Crippen molar-refractivity contribution in [3.05, 3.63) is 11.9 Å². The van der Waals surface area contributed by atoms with Crippen molar-refractivity contribution in [2.75, 3.05) is 5.73 Å². The Bertz CT molecular complexity index is 578. The van der Waals surface area contributed by atoms with E-state index in [0.717, 1.165) is 25.1 Å². The van der Waals surface area contributed by atoms with Gasteiger partial charge in [0.15, 0.2) is 5.82 Å². The fourth-order valence-corrected chi connectivity index (χ4v) is 2.85. The highest BCUT2D eigenvalue weighted by Gasteiger charge is 2.43. The number of hydrogen-bond donors (Lipinski definition) is 2. The smallest absolute Gasteiger partial charge is 0.276 e. The van der Waals surface area contributed by atoms with E-state index < -0.39 is 0 Å². The third kappa shape index (κ3) is 1.43. The quantitative estimate of drug-likeness (QED) is 0.823. The zero-order valence-corrected chi connectivity index (χ0v) is 9.67. The number of anilines is 1. The molecule has 0 radical (unpaired) electrons. The minimum atomic E-state index is 0.257. The number of nitrogens with two attached hydrogens (primary N) is 1. The first-order chi connectivity index (χ1) is 8.79. The Labute approximate surface area is 103 Å². The molecule has 4 heterocycles. The maximum atomic E-state index is 5.80. The number of aromatic nitrogens is 4. The van der Waals surface area contributed by atoms with Crippen LogP contribution in [0.3, 0.4) is 0 Å². The lowest BCUT2D eigenvalue weighted by Crippen LogP contribution is -2.15. The van der Waals surface area contributed by atoms with E-state index >= 15 is 0 Å². The van der Waals surface area contributed by atoms with E-state index in [1.54, 1.807) is 6.07 Å². The molecular formula is C11H13N5O2. The molecule has 0 amide bonds. The SMILES string of the molecule is Nc1cc(-c2nc(C3CC4CCC3O4)no2)[nH]n1. The van der Waals surface area contributed by atoms with Crippen LogP contribution in [0.1, 0.15) is 31.0 Å². The van der Waals surface area contributed by atoms with Gasteiger partial charge in [-0.1, -0.05) is 5.16 Å². The van der Waals surface area contributed by atoms with Crippen LogP contribution in [-0.4, -0.2) is 32.5 Å². The van der Waals surface area contributed by atoms with Crippen LogP contribution >= 0.6 is 0 Å². The summed E-state index contributed by atoms with van der Waals surface area (Å²) in [5.41, 5.74) is 6.19. The molecule has 2 aliphatic rings. The van der Waals surface area contributed by atoms with Crippen LogP contribution in [0.25, 0.3) is 11.6 Å². The zero-order valence-electron chi connectivity index (χ0n) is 9.67. The molecule has 0 saturated carbocycles. The molecule has 3 N–H and O–H groups in total. The number of rotatable bonds is 2. The number of nitrogens with one attached hydrogen (secondary N) is 1. The van der Waals surface area contributed by atoms with Gasteiger partial charge in [-0.25, -0.2) is 0 Å². The average molecular weight is 247 g/mol. The Morgan fingerprint density at radius 3 is 3.00 bits per heavy atom. The van der Waals surface area contributed by atoms with E-state index in [4.69, 9.17) is 15.0 Å². The Balaban J connectivity index is 1.62.